The van der Waals surface area contributed by atoms with Crippen LogP contribution in [-0.2, 0) is 0 Å². The van der Waals surface area contributed by atoms with Crippen molar-refractivity contribution in [2.75, 3.05) is 5.73 Å². The zero-order chi connectivity index (χ0) is 23.8. The lowest BCUT2D eigenvalue weighted by Crippen LogP contribution is -2.19. The van der Waals surface area contributed by atoms with Gasteiger partial charge in [-0.05, 0) is 95.7 Å². The number of allylic oxidation sites excluding steroid dienone is 2. The Hall–Kier alpha value is -3.55. The Labute approximate surface area is 213 Å². The first-order valence-electron chi connectivity index (χ1n) is 11.6. The molecule has 7 heteroatoms. The maximum absolute atomic E-state index is 6.95. The Morgan fingerprint density at radius 2 is 1.66 bits per heavy atom. The average Bonchev–Trinajstić information content (AvgIpc) is 2.90. The van der Waals surface area contributed by atoms with Gasteiger partial charge in [0.05, 0.1) is 10.8 Å². The molecule has 1 aliphatic carbocycles. The highest BCUT2D eigenvalue weighted by Gasteiger charge is 2.35. The number of thioether (sulfide) groups is 1. The first-order valence-corrected chi connectivity index (χ1v) is 12.9. The highest BCUT2D eigenvalue weighted by Crippen LogP contribution is 2.56. The molecule has 1 aliphatic heterocycles. The second kappa shape index (κ2) is 9.24. The molecule has 35 heavy (non-hydrogen) atoms. The molecule has 1 atom stereocenters. The van der Waals surface area contributed by atoms with Crippen LogP contribution in [-0.4, -0.2) is 19.5 Å². The van der Waals surface area contributed by atoms with Gasteiger partial charge in [0.25, 0.3) is 0 Å². The third-order valence-corrected chi connectivity index (χ3v) is 8.08. The standard InChI is InChI=1S/C28H23N5S2/c29-26-24-23-20(17-18-9-13-30-14-10-18)5-4-8-22(23)25(19-11-15-31-16-12-19)35-27(24)32-28(34)33(26)21-6-2-1-3-7-21/h1-3,6-7,9-17,25H,4-5,8,29H2/b20-17+. The number of nitrogen functional groups attached to an aromatic ring is 1. The van der Waals surface area contributed by atoms with Gasteiger partial charge in [0.15, 0.2) is 0 Å². The fourth-order valence-electron chi connectivity index (χ4n) is 4.97. The van der Waals surface area contributed by atoms with Crippen molar-refractivity contribution in [2.45, 2.75) is 29.5 Å². The van der Waals surface area contributed by atoms with Crippen LogP contribution in [0.2, 0.25) is 0 Å². The van der Waals surface area contributed by atoms with Crippen molar-refractivity contribution in [3.8, 4) is 5.69 Å². The number of aromatic nitrogens is 4. The number of nitrogens with two attached hydrogens (primary N) is 1. The van der Waals surface area contributed by atoms with Crippen LogP contribution in [0.25, 0.3) is 17.3 Å². The predicted octanol–water partition coefficient (Wildman–Crippen LogP) is 6.84. The summed E-state index contributed by atoms with van der Waals surface area (Å²) < 4.78 is 2.36. The number of anilines is 1. The molecule has 0 bridgehead atoms. The maximum Gasteiger partial charge on any atom is 0.206 e. The summed E-state index contributed by atoms with van der Waals surface area (Å²) in [6, 6.07) is 18.3. The Kier molecular flexibility index (Phi) is 5.80. The van der Waals surface area contributed by atoms with Crippen molar-refractivity contribution in [3.05, 3.63) is 112 Å². The van der Waals surface area contributed by atoms with Gasteiger partial charge in [-0.25, -0.2) is 4.98 Å². The van der Waals surface area contributed by atoms with Gasteiger partial charge in [0.2, 0.25) is 4.77 Å². The van der Waals surface area contributed by atoms with Gasteiger partial charge in [-0.1, -0.05) is 36.0 Å². The molecular formula is C28H23N5S2. The number of rotatable bonds is 3. The minimum Gasteiger partial charge on any atom is -0.384 e. The van der Waals surface area contributed by atoms with E-state index < -0.39 is 0 Å². The fraction of sp³-hybridized carbons (Fsp3) is 0.143. The van der Waals surface area contributed by atoms with E-state index in [-0.39, 0.29) is 5.25 Å². The van der Waals surface area contributed by atoms with Crippen LogP contribution in [0.1, 0.15) is 41.2 Å². The summed E-state index contributed by atoms with van der Waals surface area (Å²) in [6.45, 7) is 0. The molecule has 0 amide bonds. The summed E-state index contributed by atoms with van der Waals surface area (Å²) in [4.78, 5) is 13.3. The molecule has 4 aromatic rings. The minimum absolute atomic E-state index is 0.149. The highest BCUT2D eigenvalue weighted by atomic mass is 32.2. The van der Waals surface area contributed by atoms with E-state index >= 15 is 0 Å². The smallest absolute Gasteiger partial charge is 0.206 e. The molecule has 2 aliphatic rings. The summed E-state index contributed by atoms with van der Waals surface area (Å²) >= 11 is 7.50. The zero-order valence-corrected chi connectivity index (χ0v) is 20.6. The lowest BCUT2D eigenvalue weighted by Gasteiger charge is -2.35. The number of benzene rings is 1. The quantitative estimate of drug-likeness (QED) is 0.249. The van der Waals surface area contributed by atoms with Gasteiger partial charge in [-0.15, -0.1) is 0 Å². The lowest BCUT2D eigenvalue weighted by molar-refractivity contribution is 0.760. The highest BCUT2D eigenvalue weighted by molar-refractivity contribution is 7.99. The van der Waals surface area contributed by atoms with E-state index in [1.54, 1.807) is 11.8 Å². The van der Waals surface area contributed by atoms with E-state index in [2.05, 4.69) is 28.2 Å². The SMILES string of the molecule is Nc1c2c(nc(=S)n1-c1ccccc1)SC(c1ccncc1)C1=C2/C(=C/c2ccncc2)CCC1. The summed E-state index contributed by atoms with van der Waals surface area (Å²) in [5.41, 5.74) is 15.1. The molecule has 1 unspecified atom stereocenters. The molecule has 0 fully saturated rings. The molecule has 5 nitrogen and oxygen atoms in total. The van der Waals surface area contributed by atoms with Gasteiger partial charge >= 0.3 is 0 Å². The van der Waals surface area contributed by atoms with Gasteiger partial charge in [-0.2, -0.15) is 0 Å². The third-order valence-electron chi connectivity index (χ3n) is 6.50. The van der Waals surface area contributed by atoms with Gasteiger partial charge < -0.3 is 5.73 Å². The average molecular weight is 494 g/mol. The summed E-state index contributed by atoms with van der Waals surface area (Å²) in [7, 11) is 0. The van der Waals surface area contributed by atoms with Crippen LogP contribution < -0.4 is 5.73 Å². The van der Waals surface area contributed by atoms with E-state index in [1.807, 2.05) is 71.8 Å². The first kappa shape index (κ1) is 21.9. The molecule has 0 radical (unpaired) electrons. The number of pyridine rings is 2. The molecular weight excluding hydrogens is 470 g/mol. The largest absolute Gasteiger partial charge is 0.384 e. The second-order valence-corrected chi connectivity index (χ2v) is 10.1. The lowest BCUT2D eigenvalue weighted by atomic mass is 9.80. The van der Waals surface area contributed by atoms with Crippen LogP contribution in [0.4, 0.5) is 5.82 Å². The van der Waals surface area contributed by atoms with Crippen molar-refractivity contribution in [2.24, 2.45) is 0 Å². The molecule has 0 saturated carbocycles. The normalized spacial score (nSPS) is 18.3. The topological polar surface area (TPSA) is 69.6 Å². The molecule has 6 rings (SSSR count). The van der Waals surface area contributed by atoms with Crippen LogP contribution >= 0.6 is 24.0 Å². The molecule has 172 valence electrons. The van der Waals surface area contributed by atoms with Gasteiger partial charge in [-0.3, -0.25) is 14.5 Å². The summed E-state index contributed by atoms with van der Waals surface area (Å²) in [5, 5.41) is 1.04. The summed E-state index contributed by atoms with van der Waals surface area (Å²) in [6.07, 6.45) is 12.7. The Balaban J connectivity index is 1.63. The fourth-order valence-corrected chi connectivity index (χ4v) is 6.68. The van der Waals surface area contributed by atoms with Crippen molar-refractivity contribution in [1.29, 1.82) is 0 Å². The number of fused-ring (bicyclic) bond motifs is 2. The first-order chi connectivity index (χ1) is 17.2. The number of para-hydroxylation sites is 1. The van der Waals surface area contributed by atoms with E-state index in [0.717, 1.165) is 41.1 Å². The van der Waals surface area contributed by atoms with Crippen LogP contribution in [0.15, 0.2) is 95.6 Å². The number of nitrogens with zero attached hydrogens (tertiary/aromatic N) is 4. The van der Waals surface area contributed by atoms with Crippen molar-refractivity contribution in [3.63, 3.8) is 0 Å². The molecule has 0 saturated heterocycles. The monoisotopic (exact) mass is 493 g/mol. The molecule has 4 heterocycles. The molecule has 2 N–H and O–H groups in total. The van der Waals surface area contributed by atoms with Crippen LogP contribution in [0, 0.1) is 4.77 Å². The van der Waals surface area contributed by atoms with E-state index in [4.69, 9.17) is 22.9 Å². The van der Waals surface area contributed by atoms with Crippen molar-refractivity contribution in [1.82, 2.24) is 19.5 Å². The van der Waals surface area contributed by atoms with Crippen LogP contribution in [0.5, 0.6) is 0 Å². The molecule has 3 aromatic heterocycles. The van der Waals surface area contributed by atoms with E-state index in [1.165, 1.54) is 22.3 Å². The van der Waals surface area contributed by atoms with E-state index in [9.17, 15) is 0 Å². The number of hydrogen-bond acceptors (Lipinski definition) is 6. The zero-order valence-electron chi connectivity index (χ0n) is 19.0. The maximum atomic E-state index is 6.95. The Morgan fingerprint density at radius 3 is 2.40 bits per heavy atom. The Bertz CT molecular complexity index is 1510. The van der Waals surface area contributed by atoms with E-state index in [0.29, 0.717) is 10.6 Å². The van der Waals surface area contributed by atoms with Gasteiger partial charge in [0, 0.05) is 30.5 Å². The molecule has 1 aromatic carbocycles. The summed E-state index contributed by atoms with van der Waals surface area (Å²) in [5.74, 6) is 0.641. The molecule has 0 spiro atoms. The second-order valence-electron chi connectivity index (χ2n) is 8.61. The van der Waals surface area contributed by atoms with Gasteiger partial charge in [0.1, 0.15) is 10.8 Å². The van der Waals surface area contributed by atoms with Crippen molar-refractivity contribution >= 4 is 41.4 Å². The number of hydrogen-bond donors (Lipinski definition) is 1. The predicted molar refractivity (Wildman–Crippen MR) is 145 cm³/mol. The van der Waals surface area contributed by atoms with Crippen molar-refractivity contribution < 1.29 is 0 Å². The minimum atomic E-state index is 0.149. The third kappa shape index (κ3) is 4.00. The van der Waals surface area contributed by atoms with Crippen LogP contribution in [0.3, 0.4) is 0 Å². The Morgan fingerprint density at radius 1 is 0.943 bits per heavy atom.